The minimum atomic E-state index is -4.57. The van der Waals surface area contributed by atoms with E-state index in [-0.39, 0.29) is 21.8 Å². The fourth-order valence-electron chi connectivity index (χ4n) is 3.48. The van der Waals surface area contributed by atoms with Crippen LogP contribution in [-0.4, -0.2) is 57.2 Å². The van der Waals surface area contributed by atoms with Crippen LogP contribution in [0.25, 0.3) is 0 Å². The van der Waals surface area contributed by atoms with Crippen LogP contribution in [0, 0.1) is 5.92 Å². The van der Waals surface area contributed by atoms with Crippen molar-refractivity contribution in [3.63, 3.8) is 0 Å². The van der Waals surface area contributed by atoms with Crippen LogP contribution in [0.15, 0.2) is 18.2 Å². The van der Waals surface area contributed by atoms with Gasteiger partial charge in [0.1, 0.15) is 0 Å². The van der Waals surface area contributed by atoms with E-state index < -0.39 is 27.7 Å². The van der Waals surface area contributed by atoms with Crippen LogP contribution in [0.3, 0.4) is 0 Å². The first kappa shape index (κ1) is 23.3. The highest BCUT2D eigenvalue weighted by atomic mass is 35.5. The monoisotopic (exact) mass is 467 g/mol. The Bertz CT molecular complexity index is 868. The van der Waals surface area contributed by atoms with Crippen LogP contribution in [0.5, 0.6) is 0 Å². The second-order valence-electron chi connectivity index (χ2n) is 7.86. The zero-order valence-corrected chi connectivity index (χ0v) is 17.9. The third-order valence-electron chi connectivity index (χ3n) is 5.44. The largest absolute Gasteiger partial charge is 0.416 e. The highest BCUT2D eigenvalue weighted by Gasteiger charge is 2.35. The normalized spacial score (nSPS) is 19.1. The Balaban J connectivity index is 1.40. The van der Waals surface area contributed by atoms with Gasteiger partial charge >= 0.3 is 6.18 Å². The summed E-state index contributed by atoms with van der Waals surface area (Å²) in [7, 11) is -3.16. The molecular formula is C19H25ClF3N3O3S. The zero-order chi connectivity index (χ0) is 21.9. The second-order valence-corrected chi connectivity index (χ2v) is 10.3. The summed E-state index contributed by atoms with van der Waals surface area (Å²) in [6.45, 7) is 2.95. The molecule has 0 unspecified atom stereocenters. The Hall–Kier alpha value is -1.36. The van der Waals surface area contributed by atoms with Gasteiger partial charge in [0.2, 0.25) is 10.0 Å². The van der Waals surface area contributed by atoms with Crippen LogP contribution in [-0.2, 0) is 16.2 Å². The molecule has 0 aromatic heterocycles. The molecule has 1 aliphatic carbocycles. The zero-order valence-electron chi connectivity index (χ0n) is 16.3. The summed E-state index contributed by atoms with van der Waals surface area (Å²) in [5.41, 5.74) is -1.07. The standard InChI is InChI=1S/C19H25ClF3N3O3S/c20-16-10-14(9-15(11-16)19(21,22)23)18(27)24-12-13-3-6-26(7-4-13)8-5-25-30(28,29)17-1-2-17/h9-11,13,17,25H,1-8,12H2,(H,24,27). The van der Waals surface area contributed by atoms with E-state index in [9.17, 15) is 26.4 Å². The van der Waals surface area contributed by atoms with Gasteiger partial charge in [-0.05, 0) is 62.9 Å². The van der Waals surface area contributed by atoms with Crippen molar-refractivity contribution in [1.82, 2.24) is 14.9 Å². The summed E-state index contributed by atoms with van der Waals surface area (Å²) in [6.07, 6.45) is -1.46. The van der Waals surface area contributed by atoms with Gasteiger partial charge in [-0.25, -0.2) is 13.1 Å². The molecule has 2 N–H and O–H groups in total. The molecule has 2 aliphatic rings. The maximum atomic E-state index is 12.9. The van der Waals surface area contributed by atoms with E-state index in [0.717, 1.165) is 50.9 Å². The first-order valence-corrected chi connectivity index (χ1v) is 11.8. The van der Waals surface area contributed by atoms with Crippen molar-refractivity contribution in [2.75, 3.05) is 32.7 Å². The molecule has 1 aromatic carbocycles. The summed E-state index contributed by atoms with van der Waals surface area (Å²) in [5.74, 6) is -0.366. The minimum absolute atomic E-state index is 0.116. The number of hydrogen-bond acceptors (Lipinski definition) is 4. The van der Waals surface area contributed by atoms with E-state index in [1.807, 2.05) is 0 Å². The highest BCUT2D eigenvalue weighted by Crippen LogP contribution is 2.32. The molecule has 1 saturated carbocycles. The number of piperidine rings is 1. The average molecular weight is 468 g/mol. The fraction of sp³-hybridized carbons (Fsp3) is 0.632. The Morgan fingerprint density at radius 3 is 2.40 bits per heavy atom. The quantitative estimate of drug-likeness (QED) is 0.616. The minimum Gasteiger partial charge on any atom is -0.352 e. The van der Waals surface area contributed by atoms with Crippen molar-refractivity contribution in [1.29, 1.82) is 0 Å². The second kappa shape index (κ2) is 9.42. The molecule has 2 fully saturated rings. The van der Waals surface area contributed by atoms with Gasteiger partial charge in [-0.1, -0.05) is 11.6 Å². The Labute approximate surface area is 179 Å². The number of sulfonamides is 1. The van der Waals surface area contributed by atoms with Crippen molar-refractivity contribution < 1.29 is 26.4 Å². The van der Waals surface area contributed by atoms with Gasteiger partial charge in [0, 0.05) is 30.2 Å². The van der Waals surface area contributed by atoms with Gasteiger partial charge in [0.05, 0.1) is 10.8 Å². The lowest BCUT2D eigenvalue weighted by molar-refractivity contribution is -0.137. The number of rotatable bonds is 8. The number of hydrogen-bond donors (Lipinski definition) is 2. The van der Waals surface area contributed by atoms with Crippen LogP contribution in [0.2, 0.25) is 5.02 Å². The molecule has 3 rings (SSSR count). The van der Waals surface area contributed by atoms with Gasteiger partial charge in [-0.2, -0.15) is 13.2 Å². The number of carbonyl (C=O) groups is 1. The molecular weight excluding hydrogens is 443 g/mol. The molecule has 1 aromatic rings. The Morgan fingerprint density at radius 1 is 1.13 bits per heavy atom. The molecule has 0 spiro atoms. The predicted octanol–water partition coefficient (Wildman–Crippen LogP) is 2.88. The lowest BCUT2D eigenvalue weighted by atomic mass is 9.96. The first-order chi connectivity index (χ1) is 14.0. The molecule has 1 amide bonds. The third-order valence-corrected chi connectivity index (χ3v) is 7.61. The van der Waals surface area contributed by atoms with Crippen LogP contribution in [0.1, 0.15) is 41.6 Å². The van der Waals surface area contributed by atoms with Gasteiger partial charge in [0.15, 0.2) is 0 Å². The molecule has 0 bridgehead atoms. The molecule has 1 saturated heterocycles. The van der Waals surface area contributed by atoms with Crippen LogP contribution in [0.4, 0.5) is 13.2 Å². The van der Waals surface area contributed by atoms with E-state index in [1.54, 1.807) is 0 Å². The SMILES string of the molecule is O=C(NCC1CCN(CCNS(=O)(=O)C2CC2)CC1)c1cc(Cl)cc(C(F)(F)F)c1. The van der Waals surface area contributed by atoms with E-state index in [1.165, 1.54) is 6.07 Å². The van der Waals surface area contributed by atoms with Gasteiger partial charge in [-0.15, -0.1) is 0 Å². The van der Waals surface area contributed by atoms with Gasteiger partial charge in [0.25, 0.3) is 5.91 Å². The topological polar surface area (TPSA) is 78.5 Å². The summed E-state index contributed by atoms with van der Waals surface area (Å²) in [6, 6.07) is 2.81. The highest BCUT2D eigenvalue weighted by molar-refractivity contribution is 7.90. The van der Waals surface area contributed by atoms with E-state index in [0.29, 0.717) is 19.6 Å². The summed E-state index contributed by atoms with van der Waals surface area (Å²) >= 11 is 5.73. The third kappa shape index (κ3) is 6.57. The molecule has 30 heavy (non-hydrogen) atoms. The predicted molar refractivity (Wildman–Crippen MR) is 108 cm³/mol. The molecule has 168 valence electrons. The van der Waals surface area contributed by atoms with E-state index in [4.69, 9.17) is 11.6 Å². The Morgan fingerprint density at radius 2 is 1.80 bits per heavy atom. The lowest BCUT2D eigenvalue weighted by Gasteiger charge is -2.32. The number of halogens is 4. The molecule has 6 nitrogen and oxygen atoms in total. The molecule has 1 heterocycles. The summed E-state index contributed by atoms with van der Waals surface area (Å²) in [5, 5.41) is 2.33. The fourth-order valence-corrected chi connectivity index (χ4v) is 5.08. The van der Waals surface area contributed by atoms with Crippen molar-refractivity contribution in [2.24, 2.45) is 5.92 Å². The number of amides is 1. The number of nitrogens with zero attached hydrogens (tertiary/aromatic N) is 1. The number of carbonyl (C=O) groups excluding carboxylic acids is 1. The van der Waals surface area contributed by atoms with Crippen LogP contribution < -0.4 is 10.0 Å². The lowest BCUT2D eigenvalue weighted by Crippen LogP contribution is -2.42. The van der Waals surface area contributed by atoms with Gasteiger partial charge in [-0.3, -0.25) is 4.79 Å². The molecule has 0 atom stereocenters. The van der Waals surface area contributed by atoms with Crippen molar-refractivity contribution in [3.05, 3.63) is 34.3 Å². The molecule has 0 radical (unpaired) electrons. The number of benzene rings is 1. The summed E-state index contributed by atoms with van der Waals surface area (Å²) < 4.78 is 64.9. The van der Waals surface area contributed by atoms with Crippen molar-refractivity contribution in [3.8, 4) is 0 Å². The van der Waals surface area contributed by atoms with Crippen molar-refractivity contribution in [2.45, 2.75) is 37.1 Å². The van der Waals surface area contributed by atoms with E-state index in [2.05, 4.69) is 14.9 Å². The number of nitrogens with one attached hydrogen (secondary N) is 2. The van der Waals surface area contributed by atoms with E-state index >= 15 is 0 Å². The molecule has 11 heteroatoms. The van der Waals surface area contributed by atoms with Crippen LogP contribution >= 0.6 is 11.6 Å². The van der Waals surface area contributed by atoms with Gasteiger partial charge < -0.3 is 10.2 Å². The smallest absolute Gasteiger partial charge is 0.352 e. The maximum Gasteiger partial charge on any atom is 0.416 e. The Kier molecular flexibility index (Phi) is 7.32. The van der Waals surface area contributed by atoms with Crippen molar-refractivity contribution >= 4 is 27.5 Å². The first-order valence-electron chi connectivity index (χ1n) is 9.91. The average Bonchev–Trinajstić information content (AvgIpc) is 3.52. The number of likely N-dealkylation sites (tertiary alicyclic amines) is 1. The number of alkyl halides is 3. The summed E-state index contributed by atoms with van der Waals surface area (Å²) in [4.78, 5) is 14.4. The maximum absolute atomic E-state index is 12.9. The molecule has 1 aliphatic heterocycles.